The number of Topliss-reactive ketones (excluding diaryl/α,β-unsaturated/α-hetero) is 1. The van der Waals surface area contributed by atoms with E-state index in [4.69, 9.17) is 9.47 Å². The zero-order chi connectivity index (χ0) is 26.5. The molecule has 204 valence electrons. The van der Waals surface area contributed by atoms with Crippen molar-refractivity contribution in [1.82, 2.24) is 15.1 Å². The van der Waals surface area contributed by atoms with E-state index in [0.29, 0.717) is 31.1 Å². The Morgan fingerprint density at radius 3 is 2.46 bits per heavy atom. The molecule has 0 radical (unpaired) electrons. The zero-order valence-corrected chi connectivity index (χ0v) is 22.8. The lowest BCUT2D eigenvalue weighted by atomic mass is 9.89. The van der Waals surface area contributed by atoms with Gasteiger partial charge in [0.05, 0.1) is 6.54 Å². The number of hydrogen-bond donors (Lipinski definition) is 1. The Bertz CT molecular complexity index is 941. The van der Waals surface area contributed by atoms with Crippen molar-refractivity contribution >= 4 is 17.6 Å². The minimum absolute atomic E-state index is 0.00608. The van der Waals surface area contributed by atoms with Gasteiger partial charge in [0.1, 0.15) is 30.9 Å². The van der Waals surface area contributed by atoms with E-state index in [0.717, 1.165) is 32.5 Å². The van der Waals surface area contributed by atoms with Crippen molar-refractivity contribution in [2.24, 2.45) is 5.92 Å². The highest BCUT2D eigenvalue weighted by Crippen LogP contribution is 2.31. The molecule has 1 N–H and O–H groups in total. The second-order valence-corrected chi connectivity index (χ2v) is 11.1. The largest absolute Gasteiger partial charge is 0.374 e. The molecule has 1 aromatic rings. The lowest BCUT2D eigenvalue weighted by Crippen LogP contribution is -2.52. The molecule has 3 aliphatic heterocycles. The summed E-state index contributed by atoms with van der Waals surface area (Å²) < 4.78 is 11.4. The lowest BCUT2D eigenvalue weighted by molar-refractivity contribution is -0.138. The first-order chi connectivity index (χ1) is 17.8. The fraction of sp³-hybridized carbons (Fsp3) is 0.690. The lowest BCUT2D eigenvalue weighted by Gasteiger charge is -2.32. The van der Waals surface area contributed by atoms with E-state index < -0.39 is 18.2 Å². The van der Waals surface area contributed by atoms with Crippen LogP contribution in [0, 0.1) is 5.92 Å². The van der Waals surface area contributed by atoms with Crippen LogP contribution in [0.3, 0.4) is 0 Å². The summed E-state index contributed by atoms with van der Waals surface area (Å²) in [7, 11) is 0. The van der Waals surface area contributed by atoms with Crippen LogP contribution < -0.4 is 5.32 Å². The molecule has 0 saturated carbocycles. The normalized spacial score (nSPS) is 25.5. The summed E-state index contributed by atoms with van der Waals surface area (Å²) in [5.74, 6) is 0.0918. The zero-order valence-electron chi connectivity index (χ0n) is 22.8. The van der Waals surface area contributed by atoms with E-state index in [9.17, 15) is 14.4 Å². The number of piperidine rings is 1. The van der Waals surface area contributed by atoms with Gasteiger partial charge in [-0.3, -0.25) is 14.4 Å². The number of likely N-dealkylation sites (tertiary alicyclic amines) is 2. The average Bonchev–Trinajstić information content (AvgIpc) is 3.44. The van der Waals surface area contributed by atoms with Gasteiger partial charge in [0.25, 0.3) is 5.91 Å². The Balaban J connectivity index is 1.42. The molecule has 3 aliphatic rings. The molecule has 8 nitrogen and oxygen atoms in total. The molecule has 1 aromatic carbocycles. The molecule has 4 rings (SSSR count). The summed E-state index contributed by atoms with van der Waals surface area (Å²) in [4.78, 5) is 43.5. The van der Waals surface area contributed by atoms with E-state index >= 15 is 0 Å². The van der Waals surface area contributed by atoms with Crippen molar-refractivity contribution in [3.05, 3.63) is 35.4 Å². The fourth-order valence-corrected chi connectivity index (χ4v) is 6.05. The molecule has 0 aromatic heterocycles. The van der Waals surface area contributed by atoms with Crippen molar-refractivity contribution in [1.29, 1.82) is 0 Å². The van der Waals surface area contributed by atoms with Crippen molar-refractivity contribution in [2.75, 3.05) is 39.4 Å². The van der Waals surface area contributed by atoms with Gasteiger partial charge in [0, 0.05) is 12.2 Å². The van der Waals surface area contributed by atoms with Gasteiger partial charge in [0.15, 0.2) is 5.78 Å². The molecular formula is C29H43N3O5. The Kier molecular flexibility index (Phi) is 9.37. The maximum Gasteiger partial charge on any atom is 0.251 e. The summed E-state index contributed by atoms with van der Waals surface area (Å²) in [6.07, 6.45) is 3.18. The van der Waals surface area contributed by atoms with Crippen LogP contribution in [-0.2, 0) is 19.1 Å². The van der Waals surface area contributed by atoms with Gasteiger partial charge >= 0.3 is 0 Å². The second-order valence-electron chi connectivity index (χ2n) is 11.1. The number of nitrogens with zero attached hydrogens (tertiary/aromatic N) is 2. The van der Waals surface area contributed by atoms with E-state index in [1.54, 1.807) is 4.90 Å². The number of ketones is 1. The molecule has 0 spiro atoms. The molecule has 8 heteroatoms. The van der Waals surface area contributed by atoms with E-state index in [1.165, 1.54) is 12.0 Å². The number of ether oxygens (including phenoxy) is 2. The van der Waals surface area contributed by atoms with Crippen molar-refractivity contribution in [3.8, 4) is 0 Å². The molecule has 3 heterocycles. The van der Waals surface area contributed by atoms with Crippen molar-refractivity contribution in [3.63, 3.8) is 0 Å². The van der Waals surface area contributed by atoms with E-state index in [1.807, 2.05) is 32.9 Å². The van der Waals surface area contributed by atoms with Crippen molar-refractivity contribution in [2.45, 2.75) is 83.6 Å². The van der Waals surface area contributed by atoms with Crippen LogP contribution in [0.4, 0.5) is 0 Å². The van der Waals surface area contributed by atoms with E-state index in [-0.39, 0.29) is 36.2 Å². The fourth-order valence-electron chi connectivity index (χ4n) is 6.05. The number of hydrogen-bond acceptors (Lipinski definition) is 6. The first-order valence-corrected chi connectivity index (χ1v) is 14.0. The molecule has 3 saturated heterocycles. The summed E-state index contributed by atoms with van der Waals surface area (Å²) in [5.41, 5.74) is 1.81. The van der Waals surface area contributed by atoms with E-state index in [2.05, 4.69) is 29.3 Å². The van der Waals surface area contributed by atoms with Gasteiger partial charge in [0.2, 0.25) is 5.91 Å². The third kappa shape index (κ3) is 6.41. The van der Waals surface area contributed by atoms with Gasteiger partial charge < -0.3 is 24.6 Å². The summed E-state index contributed by atoms with van der Waals surface area (Å²) >= 11 is 0. The van der Waals surface area contributed by atoms with Crippen LogP contribution in [-0.4, -0.2) is 91.1 Å². The topological polar surface area (TPSA) is 88.2 Å². The number of carbonyl (C=O) groups is 3. The maximum atomic E-state index is 13.7. The minimum atomic E-state index is -0.718. The molecule has 37 heavy (non-hydrogen) atoms. The van der Waals surface area contributed by atoms with Gasteiger partial charge in [-0.25, -0.2) is 0 Å². The highest BCUT2D eigenvalue weighted by Gasteiger charge is 2.53. The molecule has 2 amide bonds. The third-order valence-corrected chi connectivity index (χ3v) is 7.88. The number of nitrogens with one attached hydrogen (secondary N) is 1. The first kappa shape index (κ1) is 27.7. The summed E-state index contributed by atoms with van der Waals surface area (Å²) in [6.45, 7) is 12.3. The molecule has 0 aliphatic carbocycles. The van der Waals surface area contributed by atoms with Crippen LogP contribution in [0.2, 0.25) is 0 Å². The SMILES string of the molecule is CCCN1CCC(c2ccc(C(=O)NC(CC(C)C)C(=O)N3C[C@H](OCC)[C@H]4OCC(=O)[C@H]43)cc2)CC1. The highest BCUT2D eigenvalue weighted by atomic mass is 16.6. The Hall–Kier alpha value is -2.29. The smallest absolute Gasteiger partial charge is 0.251 e. The number of rotatable bonds is 10. The van der Waals surface area contributed by atoms with Crippen molar-refractivity contribution < 1.29 is 23.9 Å². The summed E-state index contributed by atoms with van der Waals surface area (Å²) in [6, 6.07) is 6.49. The quantitative estimate of drug-likeness (QED) is 0.518. The predicted molar refractivity (Wildman–Crippen MR) is 142 cm³/mol. The van der Waals surface area contributed by atoms with Gasteiger partial charge in [-0.05, 0) is 81.8 Å². The molecule has 1 unspecified atom stereocenters. The van der Waals surface area contributed by atoms with Gasteiger partial charge in [-0.15, -0.1) is 0 Å². The molecular weight excluding hydrogens is 470 g/mol. The van der Waals surface area contributed by atoms with Crippen LogP contribution in [0.5, 0.6) is 0 Å². The monoisotopic (exact) mass is 513 g/mol. The Morgan fingerprint density at radius 2 is 1.84 bits per heavy atom. The first-order valence-electron chi connectivity index (χ1n) is 14.0. The maximum absolute atomic E-state index is 13.7. The number of carbonyl (C=O) groups excluding carboxylic acids is 3. The second kappa shape index (κ2) is 12.5. The van der Waals surface area contributed by atoms with Gasteiger partial charge in [-0.1, -0.05) is 32.9 Å². The number of benzene rings is 1. The molecule has 0 bridgehead atoms. The van der Waals surface area contributed by atoms with Gasteiger partial charge in [-0.2, -0.15) is 0 Å². The predicted octanol–water partition coefficient (Wildman–Crippen LogP) is 3.00. The molecule has 4 atom stereocenters. The summed E-state index contributed by atoms with van der Waals surface area (Å²) in [5, 5.41) is 2.97. The average molecular weight is 514 g/mol. The Morgan fingerprint density at radius 1 is 1.14 bits per heavy atom. The van der Waals surface area contributed by atoms with Crippen LogP contribution in [0.15, 0.2) is 24.3 Å². The Labute approximate surface area is 221 Å². The van der Waals surface area contributed by atoms with Crippen LogP contribution in [0.1, 0.15) is 75.2 Å². The standard InChI is InChI=1S/C29H43N3O5/c1-5-13-31-14-11-21(12-15-31)20-7-9-22(10-8-20)28(34)30-23(16-19(3)4)29(35)32-17-25(36-6-2)27-26(32)24(33)18-37-27/h7-10,19,21,23,25-27H,5-6,11-18H2,1-4H3,(H,30,34)/t23?,25-,26+,27+/m0/s1. The highest BCUT2D eigenvalue weighted by molar-refractivity contribution is 5.99. The van der Waals surface area contributed by atoms with Crippen LogP contribution >= 0.6 is 0 Å². The number of amides is 2. The van der Waals surface area contributed by atoms with Crippen LogP contribution in [0.25, 0.3) is 0 Å². The number of fused-ring (bicyclic) bond motifs is 1. The minimum Gasteiger partial charge on any atom is -0.374 e. The third-order valence-electron chi connectivity index (χ3n) is 7.88. The molecule has 3 fully saturated rings.